The van der Waals surface area contributed by atoms with Gasteiger partial charge in [-0.25, -0.2) is 8.42 Å². The van der Waals surface area contributed by atoms with Gasteiger partial charge >= 0.3 is 0 Å². The van der Waals surface area contributed by atoms with Crippen molar-refractivity contribution in [1.82, 2.24) is 9.29 Å². The van der Waals surface area contributed by atoms with Crippen molar-refractivity contribution in [2.45, 2.75) is 23.8 Å². The summed E-state index contributed by atoms with van der Waals surface area (Å²) in [6.07, 6.45) is 3.39. The quantitative estimate of drug-likeness (QED) is 0.901. The molecule has 17 heavy (non-hydrogen) atoms. The number of aliphatic hydroxyl groups is 1. The highest BCUT2D eigenvalue weighted by Crippen LogP contribution is 2.30. The highest BCUT2D eigenvalue weighted by molar-refractivity contribution is 9.10. The molecule has 0 aliphatic carbocycles. The zero-order chi connectivity index (χ0) is 12.7. The Labute approximate surface area is 109 Å². The Bertz CT molecular complexity index is 526. The van der Waals surface area contributed by atoms with E-state index in [9.17, 15) is 13.5 Å². The van der Waals surface area contributed by atoms with Gasteiger partial charge in [0.2, 0.25) is 10.0 Å². The molecular weight excluding hydrogens is 308 g/mol. The van der Waals surface area contributed by atoms with Crippen molar-refractivity contribution in [3.05, 3.63) is 22.9 Å². The lowest BCUT2D eigenvalue weighted by molar-refractivity contribution is -0.0613. The Hall–Kier alpha value is -0.500. The van der Waals surface area contributed by atoms with Gasteiger partial charge in [0.05, 0.1) is 5.60 Å². The minimum Gasteiger partial charge on any atom is -0.387 e. The maximum Gasteiger partial charge on any atom is 0.244 e. The Morgan fingerprint density at radius 3 is 2.71 bits per heavy atom. The fourth-order valence-corrected chi connectivity index (χ4v) is 3.79. The standard InChI is InChI=1S/C10H13BrN2O3S/c1-2-10(14)6-13(7-10)17(15,16)9-3-8(11)4-12-5-9/h3-5,14H,2,6-7H2,1H3. The topological polar surface area (TPSA) is 70.5 Å². The van der Waals surface area contributed by atoms with Gasteiger partial charge < -0.3 is 5.11 Å². The van der Waals surface area contributed by atoms with E-state index in [1.165, 1.54) is 22.8 Å². The number of hydrogen-bond donors (Lipinski definition) is 1. The smallest absolute Gasteiger partial charge is 0.244 e. The first-order chi connectivity index (χ1) is 7.87. The first-order valence-electron chi connectivity index (χ1n) is 5.20. The third-order valence-corrected chi connectivity index (χ3v) is 5.11. The molecule has 1 aliphatic heterocycles. The molecule has 0 aromatic carbocycles. The summed E-state index contributed by atoms with van der Waals surface area (Å²) in [5.41, 5.74) is -0.869. The second kappa shape index (κ2) is 4.31. The van der Waals surface area contributed by atoms with E-state index in [1.807, 2.05) is 6.92 Å². The van der Waals surface area contributed by atoms with Crippen LogP contribution in [0.5, 0.6) is 0 Å². The molecule has 1 N–H and O–H groups in total. The minimum absolute atomic E-state index is 0.144. The van der Waals surface area contributed by atoms with Crippen molar-refractivity contribution < 1.29 is 13.5 Å². The van der Waals surface area contributed by atoms with E-state index in [4.69, 9.17) is 0 Å². The van der Waals surface area contributed by atoms with Crippen LogP contribution in [0.15, 0.2) is 27.8 Å². The SMILES string of the molecule is CCC1(O)CN(S(=O)(=O)c2cncc(Br)c2)C1. The molecule has 1 saturated heterocycles. The van der Waals surface area contributed by atoms with Crippen molar-refractivity contribution in [2.75, 3.05) is 13.1 Å². The molecule has 0 atom stereocenters. The number of aromatic nitrogens is 1. The van der Waals surface area contributed by atoms with Crippen molar-refractivity contribution in [3.63, 3.8) is 0 Å². The first-order valence-corrected chi connectivity index (χ1v) is 7.44. The molecule has 0 unspecified atom stereocenters. The third kappa shape index (κ3) is 2.37. The van der Waals surface area contributed by atoms with Gasteiger partial charge in [-0.3, -0.25) is 4.98 Å². The van der Waals surface area contributed by atoms with E-state index >= 15 is 0 Å². The largest absolute Gasteiger partial charge is 0.387 e. The van der Waals surface area contributed by atoms with Gasteiger partial charge in [-0.15, -0.1) is 0 Å². The Balaban J connectivity index is 2.22. The van der Waals surface area contributed by atoms with Gasteiger partial charge in [0.15, 0.2) is 0 Å². The second-order valence-electron chi connectivity index (χ2n) is 4.19. The van der Waals surface area contributed by atoms with E-state index < -0.39 is 15.6 Å². The van der Waals surface area contributed by atoms with E-state index in [0.29, 0.717) is 10.9 Å². The molecule has 0 spiro atoms. The number of hydrogen-bond acceptors (Lipinski definition) is 4. The summed E-state index contributed by atoms with van der Waals surface area (Å²) in [6.45, 7) is 2.14. The Kier molecular flexibility index (Phi) is 3.28. The van der Waals surface area contributed by atoms with E-state index in [2.05, 4.69) is 20.9 Å². The van der Waals surface area contributed by atoms with E-state index in [0.717, 1.165) is 0 Å². The molecular formula is C10H13BrN2O3S. The molecule has 0 saturated carbocycles. The predicted octanol–water partition coefficient (Wildman–Crippen LogP) is 0.990. The van der Waals surface area contributed by atoms with Crippen molar-refractivity contribution in [2.24, 2.45) is 0 Å². The summed E-state index contributed by atoms with van der Waals surface area (Å²) < 4.78 is 26.1. The average molecular weight is 321 g/mol. The van der Waals surface area contributed by atoms with Gasteiger partial charge in [-0.05, 0) is 28.4 Å². The number of β-amino-alcohol motifs (C(OH)–C–C–N with tert-alkyl or cyclic N) is 1. The summed E-state index contributed by atoms with van der Waals surface area (Å²) in [5, 5.41) is 9.82. The van der Waals surface area contributed by atoms with Gasteiger partial charge in [0.1, 0.15) is 4.90 Å². The van der Waals surface area contributed by atoms with Crippen LogP contribution in [0.4, 0.5) is 0 Å². The Morgan fingerprint density at radius 2 is 2.18 bits per heavy atom. The number of pyridine rings is 1. The molecule has 0 amide bonds. The molecule has 1 aliphatic rings. The maximum atomic E-state index is 12.1. The highest BCUT2D eigenvalue weighted by Gasteiger charge is 2.46. The van der Waals surface area contributed by atoms with E-state index in [-0.39, 0.29) is 18.0 Å². The third-order valence-electron chi connectivity index (χ3n) is 2.92. The summed E-state index contributed by atoms with van der Waals surface area (Å²) in [7, 11) is -3.53. The fraction of sp³-hybridized carbons (Fsp3) is 0.500. The van der Waals surface area contributed by atoms with Crippen molar-refractivity contribution >= 4 is 26.0 Å². The molecule has 7 heteroatoms. The number of halogens is 1. The van der Waals surface area contributed by atoms with Gasteiger partial charge in [-0.1, -0.05) is 6.92 Å². The van der Waals surface area contributed by atoms with Crippen LogP contribution in [0.3, 0.4) is 0 Å². The summed E-state index contributed by atoms with van der Waals surface area (Å²) in [4.78, 5) is 3.98. The normalized spacial score (nSPS) is 19.9. The van der Waals surface area contributed by atoms with Crippen molar-refractivity contribution in [3.8, 4) is 0 Å². The molecule has 0 bridgehead atoms. The minimum atomic E-state index is -3.53. The van der Waals surface area contributed by atoms with Crippen LogP contribution in [0.1, 0.15) is 13.3 Å². The zero-order valence-corrected chi connectivity index (χ0v) is 11.7. The first kappa shape index (κ1) is 12.9. The summed E-state index contributed by atoms with van der Waals surface area (Å²) >= 11 is 3.18. The van der Waals surface area contributed by atoms with Crippen LogP contribution in [0, 0.1) is 0 Å². The fourth-order valence-electron chi connectivity index (χ4n) is 1.69. The monoisotopic (exact) mass is 320 g/mol. The van der Waals surface area contributed by atoms with Gasteiger partial charge in [0, 0.05) is 30.0 Å². The summed E-state index contributed by atoms with van der Waals surface area (Å²) in [5.74, 6) is 0. The van der Waals surface area contributed by atoms with Crippen LogP contribution >= 0.6 is 15.9 Å². The molecule has 2 rings (SSSR count). The zero-order valence-electron chi connectivity index (χ0n) is 9.30. The number of nitrogens with zero attached hydrogens (tertiary/aromatic N) is 2. The summed E-state index contributed by atoms with van der Waals surface area (Å²) in [6, 6.07) is 1.51. The van der Waals surface area contributed by atoms with Crippen LogP contribution in [0.25, 0.3) is 0 Å². The highest BCUT2D eigenvalue weighted by atomic mass is 79.9. The van der Waals surface area contributed by atoms with Crippen molar-refractivity contribution in [1.29, 1.82) is 0 Å². The molecule has 1 fully saturated rings. The predicted molar refractivity (Wildman–Crippen MR) is 65.9 cm³/mol. The maximum absolute atomic E-state index is 12.1. The average Bonchev–Trinajstić information content (AvgIpc) is 2.24. The lowest BCUT2D eigenvalue weighted by Crippen LogP contribution is -2.62. The number of rotatable bonds is 3. The lowest BCUT2D eigenvalue weighted by atomic mass is 9.94. The molecule has 1 aromatic heterocycles. The molecule has 94 valence electrons. The molecule has 0 radical (unpaired) electrons. The van der Waals surface area contributed by atoms with Crippen LogP contribution in [0.2, 0.25) is 0 Å². The lowest BCUT2D eigenvalue weighted by Gasteiger charge is -2.44. The Morgan fingerprint density at radius 1 is 1.53 bits per heavy atom. The molecule has 1 aromatic rings. The van der Waals surface area contributed by atoms with E-state index in [1.54, 1.807) is 0 Å². The van der Waals surface area contributed by atoms with Gasteiger partial charge in [-0.2, -0.15) is 4.31 Å². The molecule has 2 heterocycles. The van der Waals surface area contributed by atoms with Gasteiger partial charge in [0.25, 0.3) is 0 Å². The van der Waals surface area contributed by atoms with Crippen LogP contribution in [-0.2, 0) is 10.0 Å². The second-order valence-corrected chi connectivity index (χ2v) is 7.04. The number of sulfonamides is 1. The molecule has 5 nitrogen and oxygen atoms in total. The van der Waals surface area contributed by atoms with Crippen LogP contribution in [-0.4, -0.2) is 41.5 Å². The van der Waals surface area contributed by atoms with Crippen LogP contribution < -0.4 is 0 Å².